The van der Waals surface area contributed by atoms with Gasteiger partial charge in [-0.05, 0) is 38.2 Å². The number of nitro benzene ring substituents is 1. The third-order valence-electron chi connectivity index (χ3n) is 2.98. The summed E-state index contributed by atoms with van der Waals surface area (Å²) in [5.41, 5.74) is 0.128. The van der Waals surface area contributed by atoms with Crippen LogP contribution in [-0.4, -0.2) is 53.0 Å². The van der Waals surface area contributed by atoms with Crippen molar-refractivity contribution in [1.82, 2.24) is 4.31 Å². The summed E-state index contributed by atoms with van der Waals surface area (Å²) in [4.78, 5) is 10.9. The molecule has 10 heteroatoms. The van der Waals surface area contributed by atoms with Crippen molar-refractivity contribution in [2.24, 2.45) is 0 Å². The smallest absolute Gasteiger partial charge is 0.305 e. The molecule has 0 radical (unpaired) electrons. The predicted octanol–water partition coefficient (Wildman–Crippen LogP) is 1.93. The lowest BCUT2D eigenvalue weighted by Crippen LogP contribution is -2.33. The molecule has 128 valence electrons. The summed E-state index contributed by atoms with van der Waals surface area (Å²) in [6.07, 6.45) is 0.681. The van der Waals surface area contributed by atoms with Gasteiger partial charge in [0.1, 0.15) is 12.2 Å². The van der Waals surface area contributed by atoms with Gasteiger partial charge in [0.2, 0.25) is 0 Å². The van der Waals surface area contributed by atoms with Gasteiger partial charge in [-0.2, -0.15) is 4.21 Å². The summed E-state index contributed by atoms with van der Waals surface area (Å²) in [6.45, 7) is 1.19. The Kier molecular flexibility index (Phi) is 6.93. The maximum absolute atomic E-state index is 10.6. The number of hydrogen-bond acceptors (Lipinski definition) is 8. The Balaban J connectivity index is 0.000000172. The molecular weight excluding hydrogens is 344 g/mol. The first kappa shape index (κ1) is 18.3. The summed E-state index contributed by atoms with van der Waals surface area (Å²) in [7, 11) is 3.85. The number of benzene rings is 1. The topological polar surface area (TPSA) is 91.1 Å². The average Bonchev–Trinajstić information content (AvgIpc) is 2.88. The van der Waals surface area contributed by atoms with Crippen LogP contribution in [0.5, 0.6) is 0 Å². The second-order valence-corrected chi connectivity index (χ2v) is 7.17. The highest BCUT2D eigenvalue weighted by Crippen LogP contribution is 2.23. The number of non-ortho nitro benzene ring substituents is 1. The van der Waals surface area contributed by atoms with Crippen LogP contribution in [0, 0.1) is 10.1 Å². The van der Waals surface area contributed by atoms with Crippen LogP contribution in [0.2, 0.25) is 0 Å². The molecule has 0 aliphatic carbocycles. The number of rotatable bonds is 3. The van der Waals surface area contributed by atoms with Gasteiger partial charge in [0.15, 0.2) is 0 Å². The van der Waals surface area contributed by atoms with E-state index in [-0.39, 0.29) is 17.9 Å². The molecule has 0 bridgehead atoms. The first-order valence-electron chi connectivity index (χ1n) is 6.89. The van der Waals surface area contributed by atoms with E-state index in [0.717, 1.165) is 11.3 Å². The van der Waals surface area contributed by atoms with Gasteiger partial charge in [-0.3, -0.25) is 22.8 Å². The van der Waals surface area contributed by atoms with Crippen LogP contribution in [0.25, 0.3) is 0 Å². The van der Waals surface area contributed by atoms with Crippen LogP contribution in [0.3, 0.4) is 0 Å². The molecule has 2 saturated heterocycles. The number of hydrogen-bond donors (Lipinski definition) is 0. The highest BCUT2D eigenvalue weighted by atomic mass is 32.2. The third kappa shape index (κ3) is 5.83. The van der Waals surface area contributed by atoms with Crippen molar-refractivity contribution in [2.45, 2.75) is 23.5 Å². The Hall–Kier alpha value is -1.04. The minimum Gasteiger partial charge on any atom is -0.378 e. The van der Waals surface area contributed by atoms with Crippen molar-refractivity contribution >= 4 is 29.0 Å². The molecule has 3 atom stereocenters. The molecule has 0 spiro atoms. The molecule has 0 amide bonds. The molecule has 3 unspecified atom stereocenters. The highest BCUT2D eigenvalue weighted by molar-refractivity contribution is 7.97. The average molecular weight is 362 g/mol. The fraction of sp³-hybridized carbons (Fsp3) is 0.538. The van der Waals surface area contributed by atoms with E-state index in [1.165, 1.54) is 24.1 Å². The second-order valence-electron chi connectivity index (χ2n) is 4.99. The molecule has 3 rings (SSSR count). The van der Waals surface area contributed by atoms with E-state index in [2.05, 4.69) is 0 Å². The lowest BCUT2D eigenvalue weighted by atomic mass is 10.1. The van der Waals surface area contributed by atoms with E-state index in [4.69, 9.17) is 13.1 Å². The third-order valence-corrected chi connectivity index (χ3v) is 4.64. The Bertz CT molecular complexity index is 538. The quantitative estimate of drug-likeness (QED) is 0.458. The van der Waals surface area contributed by atoms with Crippen molar-refractivity contribution in [3.8, 4) is 0 Å². The van der Waals surface area contributed by atoms with Gasteiger partial charge in [0.05, 0.1) is 11.5 Å². The van der Waals surface area contributed by atoms with Gasteiger partial charge < -0.3 is 4.74 Å². The Morgan fingerprint density at radius 1 is 1.26 bits per heavy atom. The first-order chi connectivity index (χ1) is 11.0. The standard InChI is InChI=1S/C8H10N2O2S.C5H8O4S/c1-9(2)13-8-5-3-7(4-6-8)10(11)12;6-10-8-4-1-2-7-3-5(4)9-10/h3-6H,1-2H3;4-5H,1-3H2. The van der Waals surface area contributed by atoms with Crippen LogP contribution in [0.1, 0.15) is 6.42 Å². The minimum atomic E-state index is -1.52. The zero-order valence-corrected chi connectivity index (χ0v) is 14.4. The Morgan fingerprint density at radius 2 is 1.91 bits per heavy atom. The first-order valence-corrected chi connectivity index (χ1v) is 8.66. The number of ether oxygens (including phenoxy) is 1. The fourth-order valence-electron chi connectivity index (χ4n) is 1.96. The fourth-order valence-corrected chi connectivity index (χ4v) is 3.48. The molecular formula is C13H18N2O6S2. The zero-order valence-electron chi connectivity index (χ0n) is 12.7. The van der Waals surface area contributed by atoms with Gasteiger partial charge in [-0.25, -0.2) is 0 Å². The van der Waals surface area contributed by atoms with Crippen LogP contribution in [0.15, 0.2) is 29.2 Å². The molecule has 2 heterocycles. The van der Waals surface area contributed by atoms with Gasteiger partial charge in [-0.15, -0.1) is 0 Å². The van der Waals surface area contributed by atoms with Crippen molar-refractivity contribution in [3.05, 3.63) is 34.4 Å². The Morgan fingerprint density at radius 3 is 2.48 bits per heavy atom. The summed E-state index contributed by atoms with van der Waals surface area (Å²) in [5, 5.41) is 10.3. The molecule has 23 heavy (non-hydrogen) atoms. The van der Waals surface area contributed by atoms with Crippen molar-refractivity contribution in [1.29, 1.82) is 0 Å². The molecule has 2 aliphatic heterocycles. The van der Waals surface area contributed by atoms with Crippen LogP contribution < -0.4 is 0 Å². The van der Waals surface area contributed by atoms with E-state index in [1.54, 1.807) is 12.1 Å². The van der Waals surface area contributed by atoms with Crippen molar-refractivity contribution in [2.75, 3.05) is 27.3 Å². The lowest BCUT2D eigenvalue weighted by Gasteiger charge is -2.20. The molecule has 0 N–H and O–H groups in total. The number of nitrogens with zero attached hydrogens (tertiary/aromatic N) is 2. The second kappa shape index (κ2) is 8.71. The maximum atomic E-state index is 10.6. The molecule has 0 aromatic heterocycles. The van der Waals surface area contributed by atoms with E-state index in [0.29, 0.717) is 13.2 Å². The predicted molar refractivity (Wildman–Crippen MR) is 86.0 cm³/mol. The normalized spacial score (nSPS) is 26.3. The summed E-state index contributed by atoms with van der Waals surface area (Å²) in [5.74, 6) is 0. The van der Waals surface area contributed by atoms with Gasteiger partial charge in [0, 0.05) is 30.1 Å². The van der Waals surface area contributed by atoms with Gasteiger partial charge in [-0.1, -0.05) is 0 Å². The van der Waals surface area contributed by atoms with Gasteiger partial charge in [0.25, 0.3) is 5.69 Å². The minimum absolute atomic E-state index is 0.00502. The van der Waals surface area contributed by atoms with E-state index in [1.807, 2.05) is 18.4 Å². The molecule has 1 aromatic rings. The SMILES string of the molecule is CN(C)Sc1ccc([N+](=O)[O-])cc1.O=S1OC2CCOCC2O1. The monoisotopic (exact) mass is 362 g/mol. The molecule has 2 fully saturated rings. The largest absolute Gasteiger partial charge is 0.378 e. The van der Waals surface area contributed by atoms with E-state index in [9.17, 15) is 14.3 Å². The summed E-state index contributed by atoms with van der Waals surface area (Å²) in [6, 6.07) is 6.49. The number of fused-ring (bicyclic) bond motifs is 1. The van der Waals surface area contributed by atoms with E-state index >= 15 is 0 Å². The Labute approximate surface area is 141 Å². The van der Waals surface area contributed by atoms with Crippen LogP contribution in [0.4, 0.5) is 5.69 Å². The van der Waals surface area contributed by atoms with Crippen molar-refractivity contribution in [3.63, 3.8) is 0 Å². The zero-order chi connectivity index (χ0) is 16.8. The van der Waals surface area contributed by atoms with Crippen molar-refractivity contribution < 1.29 is 22.2 Å². The molecule has 0 saturated carbocycles. The molecule has 1 aromatic carbocycles. The van der Waals surface area contributed by atoms with Crippen LogP contribution in [-0.2, 0) is 24.5 Å². The summed E-state index contributed by atoms with van der Waals surface area (Å²) >= 11 is 0.00683. The highest BCUT2D eigenvalue weighted by Gasteiger charge is 2.37. The van der Waals surface area contributed by atoms with E-state index < -0.39 is 16.3 Å². The lowest BCUT2D eigenvalue weighted by molar-refractivity contribution is -0.384. The molecule has 2 aliphatic rings. The maximum Gasteiger partial charge on any atom is 0.305 e. The molecule has 8 nitrogen and oxygen atoms in total. The number of nitro groups is 1. The van der Waals surface area contributed by atoms with Gasteiger partial charge >= 0.3 is 11.4 Å². The van der Waals surface area contributed by atoms with Crippen LogP contribution >= 0.6 is 11.9 Å². The summed E-state index contributed by atoms with van der Waals surface area (Å²) < 4.78 is 27.5.